The highest BCUT2D eigenvalue weighted by molar-refractivity contribution is 9.10. The number of aliphatic hydroxyl groups excluding tert-OH is 1. The molecule has 0 bridgehead atoms. The Hall–Kier alpha value is -1.20. The minimum atomic E-state index is -0.0442. The molecule has 2 aromatic rings. The van der Waals surface area contributed by atoms with Crippen LogP contribution in [0.15, 0.2) is 34.9 Å². The Balaban J connectivity index is 2.26. The van der Waals surface area contributed by atoms with Gasteiger partial charge in [0.1, 0.15) is 0 Å². The Bertz CT molecular complexity index is 455. The number of benzene rings is 1. The maximum absolute atomic E-state index is 9.04. The molecule has 0 aliphatic rings. The number of hydrogen-bond acceptors (Lipinski definition) is 3. The first kappa shape index (κ1) is 10.3. The molecule has 0 radical (unpaired) electrons. The first-order valence-corrected chi connectivity index (χ1v) is 5.32. The van der Waals surface area contributed by atoms with Gasteiger partial charge in [0.15, 0.2) is 0 Å². The maximum atomic E-state index is 9.04. The summed E-state index contributed by atoms with van der Waals surface area (Å²) in [5.41, 5.74) is 1.82. The van der Waals surface area contributed by atoms with Gasteiger partial charge in [0.05, 0.1) is 25.0 Å². The van der Waals surface area contributed by atoms with Crippen molar-refractivity contribution < 1.29 is 5.11 Å². The van der Waals surface area contributed by atoms with Crippen LogP contribution in [0.4, 0.5) is 0 Å². The fourth-order valence-electron chi connectivity index (χ4n) is 1.32. The van der Waals surface area contributed by atoms with Crippen LogP contribution in [0.1, 0.15) is 11.3 Å². The standard InChI is InChI=1S/C10H10BrN3O/c11-10-4-2-1-3-8(10)6-14-9(7-15)5-12-13-14/h1-5,15H,6-7H2. The minimum absolute atomic E-state index is 0.0442. The van der Waals surface area contributed by atoms with Gasteiger partial charge >= 0.3 is 0 Å². The number of aliphatic hydroxyl groups is 1. The predicted molar refractivity (Wildman–Crippen MR) is 59.2 cm³/mol. The van der Waals surface area contributed by atoms with E-state index in [1.165, 1.54) is 0 Å². The average Bonchev–Trinajstić information content (AvgIpc) is 2.69. The largest absolute Gasteiger partial charge is 0.390 e. The first-order chi connectivity index (χ1) is 7.31. The molecular formula is C10H10BrN3O. The molecule has 0 fully saturated rings. The van der Waals surface area contributed by atoms with Gasteiger partial charge in [0.2, 0.25) is 0 Å². The van der Waals surface area contributed by atoms with Gasteiger partial charge in [-0.3, -0.25) is 0 Å². The first-order valence-electron chi connectivity index (χ1n) is 4.53. The Kier molecular flexibility index (Phi) is 3.13. The summed E-state index contributed by atoms with van der Waals surface area (Å²) in [7, 11) is 0. The second-order valence-electron chi connectivity index (χ2n) is 3.13. The van der Waals surface area contributed by atoms with E-state index in [-0.39, 0.29) is 6.61 Å². The van der Waals surface area contributed by atoms with E-state index < -0.39 is 0 Å². The second-order valence-corrected chi connectivity index (χ2v) is 3.99. The fraction of sp³-hybridized carbons (Fsp3) is 0.200. The molecule has 2 rings (SSSR count). The molecule has 0 saturated carbocycles. The normalized spacial score (nSPS) is 10.5. The fourth-order valence-corrected chi connectivity index (χ4v) is 1.73. The second kappa shape index (κ2) is 4.55. The van der Waals surface area contributed by atoms with E-state index >= 15 is 0 Å². The van der Waals surface area contributed by atoms with Gasteiger partial charge in [-0.1, -0.05) is 39.3 Å². The Morgan fingerprint density at radius 2 is 2.13 bits per heavy atom. The van der Waals surface area contributed by atoms with Crippen molar-refractivity contribution in [3.8, 4) is 0 Å². The highest BCUT2D eigenvalue weighted by Crippen LogP contribution is 2.17. The average molecular weight is 268 g/mol. The molecule has 0 spiro atoms. The van der Waals surface area contributed by atoms with E-state index in [0.29, 0.717) is 12.2 Å². The van der Waals surface area contributed by atoms with Crippen LogP contribution in [-0.4, -0.2) is 20.1 Å². The highest BCUT2D eigenvalue weighted by atomic mass is 79.9. The summed E-state index contributed by atoms with van der Waals surface area (Å²) in [5, 5.41) is 16.7. The zero-order valence-corrected chi connectivity index (χ0v) is 9.55. The summed E-state index contributed by atoms with van der Waals surface area (Å²) in [6.45, 7) is 0.564. The van der Waals surface area contributed by atoms with Crippen LogP contribution in [0.25, 0.3) is 0 Å². The molecule has 1 aromatic heterocycles. The quantitative estimate of drug-likeness (QED) is 0.919. The monoisotopic (exact) mass is 267 g/mol. The van der Waals surface area contributed by atoms with Gasteiger partial charge in [-0.15, -0.1) is 5.10 Å². The van der Waals surface area contributed by atoms with Crippen molar-refractivity contribution in [3.63, 3.8) is 0 Å². The number of hydrogen-bond donors (Lipinski definition) is 1. The van der Waals surface area contributed by atoms with Crippen molar-refractivity contribution in [2.75, 3.05) is 0 Å². The summed E-state index contributed by atoms with van der Waals surface area (Å²) in [6, 6.07) is 7.91. The molecule has 0 atom stereocenters. The molecule has 4 nitrogen and oxygen atoms in total. The molecule has 1 N–H and O–H groups in total. The van der Waals surface area contributed by atoms with Crippen molar-refractivity contribution in [3.05, 3.63) is 46.2 Å². The summed E-state index contributed by atoms with van der Waals surface area (Å²) in [4.78, 5) is 0. The molecule has 0 aliphatic carbocycles. The summed E-state index contributed by atoms with van der Waals surface area (Å²) in [5.74, 6) is 0. The SMILES string of the molecule is OCc1cnnn1Cc1ccccc1Br. The number of aromatic nitrogens is 3. The predicted octanol–water partition coefficient (Wildman–Crippen LogP) is 1.58. The lowest BCUT2D eigenvalue weighted by atomic mass is 10.2. The molecule has 5 heteroatoms. The van der Waals surface area contributed by atoms with Crippen molar-refractivity contribution in [2.45, 2.75) is 13.2 Å². The third kappa shape index (κ3) is 2.24. The van der Waals surface area contributed by atoms with Crippen LogP contribution in [0, 0.1) is 0 Å². The molecule has 78 valence electrons. The van der Waals surface area contributed by atoms with E-state index in [1.807, 2.05) is 24.3 Å². The Morgan fingerprint density at radius 1 is 1.33 bits per heavy atom. The van der Waals surface area contributed by atoms with Crippen molar-refractivity contribution >= 4 is 15.9 Å². The number of rotatable bonds is 3. The van der Waals surface area contributed by atoms with E-state index in [1.54, 1.807) is 10.9 Å². The molecule has 1 aromatic carbocycles. The molecule has 0 amide bonds. The van der Waals surface area contributed by atoms with Gasteiger partial charge in [-0.2, -0.15) is 0 Å². The van der Waals surface area contributed by atoms with Crippen LogP contribution >= 0.6 is 15.9 Å². The van der Waals surface area contributed by atoms with E-state index in [4.69, 9.17) is 5.11 Å². The molecule has 15 heavy (non-hydrogen) atoms. The maximum Gasteiger partial charge on any atom is 0.0866 e. The lowest BCUT2D eigenvalue weighted by Gasteiger charge is -2.05. The zero-order chi connectivity index (χ0) is 10.7. The summed E-state index contributed by atoms with van der Waals surface area (Å²) in [6.07, 6.45) is 1.57. The minimum Gasteiger partial charge on any atom is -0.390 e. The molecule has 1 heterocycles. The van der Waals surface area contributed by atoms with Gasteiger partial charge in [-0.05, 0) is 11.6 Å². The highest BCUT2D eigenvalue weighted by Gasteiger charge is 2.05. The van der Waals surface area contributed by atoms with Crippen molar-refractivity contribution in [1.82, 2.24) is 15.0 Å². The zero-order valence-electron chi connectivity index (χ0n) is 7.97. The summed E-state index contributed by atoms with van der Waals surface area (Å²) >= 11 is 3.46. The van der Waals surface area contributed by atoms with Gasteiger partial charge < -0.3 is 5.11 Å². The summed E-state index contributed by atoms with van der Waals surface area (Å²) < 4.78 is 2.71. The van der Waals surface area contributed by atoms with Crippen LogP contribution in [0.2, 0.25) is 0 Å². The van der Waals surface area contributed by atoms with E-state index in [2.05, 4.69) is 26.2 Å². The lowest BCUT2D eigenvalue weighted by Crippen LogP contribution is -2.06. The Morgan fingerprint density at radius 3 is 2.87 bits per heavy atom. The smallest absolute Gasteiger partial charge is 0.0866 e. The third-order valence-corrected chi connectivity index (χ3v) is 2.91. The van der Waals surface area contributed by atoms with Crippen LogP contribution < -0.4 is 0 Å². The number of nitrogens with zero attached hydrogens (tertiary/aromatic N) is 3. The lowest BCUT2D eigenvalue weighted by molar-refractivity contribution is 0.269. The Labute approximate surface area is 95.7 Å². The molecule has 0 unspecified atom stereocenters. The van der Waals surface area contributed by atoms with Crippen LogP contribution in [0.5, 0.6) is 0 Å². The van der Waals surface area contributed by atoms with Crippen molar-refractivity contribution in [2.24, 2.45) is 0 Å². The van der Waals surface area contributed by atoms with Crippen LogP contribution in [-0.2, 0) is 13.2 Å². The molecule has 0 saturated heterocycles. The van der Waals surface area contributed by atoms with Gasteiger partial charge in [0.25, 0.3) is 0 Å². The molecular weight excluding hydrogens is 258 g/mol. The topological polar surface area (TPSA) is 50.9 Å². The van der Waals surface area contributed by atoms with Crippen molar-refractivity contribution in [1.29, 1.82) is 0 Å². The van der Waals surface area contributed by atoms with Gasteiger partial charge in [0, 0.05) is 4.47 Å². The van der Waals surface area contributed by atoms with Gasteiger partial charge in [-0.25, -0.2) is 4.68 Å². The van der Waals surface area contributed by atoms with E-state index in [0.717, 1.165) is 10.0 Å². The number of halogens is 1. The third-order valence-electron chi connectivity index (χ3n) is 2.14. The van der Waals surface area contributed by atoms with Crippen LogP contribution in [0.3, 0.4) is 0 Å². The van der Waals surface area contributed by atoms with E-state index in [9.17, 15) is 0 Å². The molecule has 0 aliphatic heterocycles.